The van der Waals surface area contributed by atoms with Crippen LogP contribution in [0.25, 0.3) is 0 Å². The molecule has 3 heteroatoms. The Labute approximate surface area is 93.2 Å². The molecule has 0 unspecified atom stereocenters. The molecule has 0 N–H and O–H groups in total. The average molecular weight is 208 g/mol. The highest BCUT2D eigenvalue weighted by Crippen LogP contribution is 2.21. The highest BCUT2D eigenvalue weighted by atomic mass is 16.6. The third-order valence-electron chi connectivity index (χ3n) is 3.21. The van der Waals surface area contributed by atoms with Crippen molar-refractivity contribution >= 4 is 7.12 Å². The van der Waals surface area contributed by atoms with E-state index in [1.54, 1.807) is 0 Å². The minimum Gasteiger partial charge on any atom is -0.407 e. The molecule has 84 valence electrons. The Balaban J connectivity index is 1.90. The van der Waals surface area contributed by atoms with Crippen LogP contribution in [0.1, 0.15) is 51.4 Å². The molecule has 0 aromatic rings. The van der Waals surface area contributed by atoms with Gasteiger partial charge in [-0.2, -0.15) is 0 Å². The summed E-state index contributed by atoms with van der Waals surface area (Å²) < 4.78 is 11.3. The molecule has 1 saturated heterocycles. The normalized spacial score (nSPS) is 28.5. The molecular weight excluding hydrogens is 187 g/mol. The Morgan fingerprint density at radius 1 is 0.867 bits per heavy atom. The molecule has 0 amide bonds. The van der Waals surface area contributed by atoms with Crippen LogP contribution in [-0.2, 0) is 9.31 Å². The van der Waals surface area contributed by atoms with Crippen molar-refractivity contribution in [2.24, 2.45) is 0 Å². The van der Waals surface area contributed by atoms with Crippen molar-refractivity contribution in [2.75, 3.05) is 13.2 Å². The Bertz CT molecular complexity index is 210. The summed E-state index contributed by atoms with van der Waals surface area (Å²) in [5.41, 5.74) is 1.40. The second-order valence-corrected chi connectivity index (χ2v) is 4.51. The van der Waals surface area contributed by atoms with Gasteiger partial charge in [-0.3, -0.25) is 0 Å². The lowest BCUT2D eigenvalue weighted by molar-refractivity contribution is 0.139. The Kier molecular flexibility index (Phi) is 4.74. The summed E-state index contributed by atoms with van der Waals surface area (Å²) in [6.07, 6.45) is 12.6. The van der Waals surface area contributed by atoms with Crippen molar-refractivity contribution in [2.45, 2.75) is 51.4 Å². The number of allylic oxidation sites excluding steroid dienone is 2. The van der Waals surface area contributed by atoms with E-state index in [1.165, 1.54) is 50.4 Å². The van der Waals surface area contributed by atoms with E-state index >= 15 is 0 Å². The van der Waals surface area contributed by atoms with Crippen LogP contribution in [0, 0.1) is 0 Å². The topological polar surface area (TPSA) is 18.5 Å². The maximum absolute atomic E-state index is 5.66. The van der Waals surface area contributed by atoms with E-state index < -0.39 is 0 Å². The predicted octanol–water partition coefficient (Wildman–Crippen LogP) is 3.12. The molecule has 0 spiro atoms. The largest absolute Gasteiger partial charge is 0.489 e. The van der Waals surface area contributed by atoms with Crippen LogP contribution < -0.4 is 0 Å². The molecule has 1 fully saturated rings. The zero-order valence-electron chi connectivity index (χ0n) is 9.54. The molecule has 2 aliphatic rings. The minimum atomic E-state index is -0.0168. The van der Waals surface area contributed by atoms with Crippen LogP contribution in [0.2, 0.25) is 0 Å². The number of hydrogen-bond donors (Lipinski definition) is 0. The lowest BCUT2D eigenvalue weighted by Crippen LogP contribution is -2.32. The first-order chi connectivity index (χ1) is 7.47. The monoisotopic (exact) mass is 208 g/mol. The van der Waals surface area contributed by atoms with Crippen molar-refractivity contribution < 1.29 is 9.31 Å². The summed E-state index contributed by atoms with van der Waals surface area (Å²) in [5.74, 6) is 0. The van der Waals surface area contributed by atoms with E-state index in [2.05, 4.69) is 6.08 Å². The summed E-state index contributed by atoms with van der Waals surface area (Å²) >= 11 is 0. The van der Waals surface area contributed by atoms with Crippen molar-refractivity contribution in [1.82, 2.24) is 0 Å². The molecule has 15 heavy (non-hydrogen) atoms. The Morgan fingerprint density at radius 2 is 1.60 bits per heavy atom. The molecule has 2 nitrogen and oxygen atoms in total. The Morgan fingerprint density at radius 3 is 2.47 bits per heavy atom. The maximum atomic E-state index is 5.66. The van der Waals surface area contributed by atoms with E-state index in [-0.39, 0.29) is 7.12 Å². The van der Waals surface area contributed by atoms with E-state index in [0.29, 0.717) is 0 Å². The average Bonchev–Trinajstić information content (AvgIpc) is 2.43. The van der Waals surface area contributed by atoms with Gasteiger partial charge in [0.15, 0.2) is 0 Å². The number of hydrogen-bond acceptors (Lipinski definition) is 2. The van der Waals surface area contributed by atoms with Crippen LogP contribution >= 0.6 is 0 Å². The second-order valence-electron chi connectivity index (χ2n) is 4.51. The van der Waals surface area contributed by atoms with Gasteiger partial charge in [0, 0.05) is 13.2 Å². The number of rotatable bonds is 1. The van der Waals surface area contributed by atoms with Crippen molar-refractivity contribution in [3.8, 4) is 0 Å². The zero-order chi connectivity index (χ0) is 10.3. The summed E-state index contributed by atoms with van der Waals surface area (Å²) in [7, 11) is -0.0168. The third-order valence-corrected chi connectivity index (χ3v) is 3.21. The van der Waals surface area contributed by atoms with Crippen LogP contribution in [-0.4, -0.2) is 20.3 Å². The smallest absolute Gasteiger partial charge is 0.407 e. The lowest BCUT2D eigenvalue weighted by atomic mass is 9.74. The van der Waals surface area contributed by atoms with Gasteiger partial charge in [-0.05, 0) is 31.2 Å². The van der Waals surface area contributed by atoms with Gasteiger partial charge in [0.05, 0.1) is 0 Å². The summed E-state index contributed by atoms with van der Waals surface area (Å²) in [6.45, 7) is 1.73. The first kappa shape index (κ1) is 11.2. The zero-order valence-corrected chi connectivity index (χ0v) is 9.54. The van der Waals surface area contributed by atoms with Gasteiger partial charge in [0.2, 0.25) is 0 Å². The van der Waals surface area contributed by atoms with Gasteiger partial charge in [-0.25, -0.2) is 0 Å². The van der Waals surface area contributed by atoms with Crippen molar-refractivity contribution in [3.63, 3.8) is 0 Å². The van der Waals surface area contributed by atoms with Crippen LogP contribution in [0.4, 0.5) is 0 Å². The van der Waals surface area contributed by atoms with E-state index in [4.69, 9.17) is 9.31 Å². The quantitative estimate of drug-likeness (QED) is 0.616. The maximum Gasteiger partial charge on any atom is 0.489 e. The molecular formula is C12H21BO2. The highest BCUT2D eigenvalue weighted by Gasteiger charge is 2.26. The van der Waals surface area contributed by atoms with Gasteiger partial charge < -0.3 is 9.31 Å². The van der Waals surface area contributed by atoms with Crippen LogP contribution in [0.3, 0.4) is 0 Å². The first-order valence-corrected chi connectivity index (χ1v) is 6.39. The molecule has 1 aliphatic heterocycles. The minimum absolute atomic E-state index is 0.0168. The fourth-order valence-corrected chi connectivity index (χ4v) is 2.31. The van der Waals surface area contributed by atoms with Crippen LogP contribution in [0.15, 0.2) is 11.5 Å². The molecule has 0 atom stereocenters. The molecule has 0 saturated carbocycles. The van der Waals surface area contributed by atoms with Gasteiger partial charge in [0.25, 0.3) is 0 Å². The molecule has 1 aliphatic carbocycles. The van der Waals surface area contributed by atoms with E-state index in [9.17, 15) is 0 Å². The fourth-order valence-electron chi connectivity index (χ4n) is 2.31. The molecule has 0 bridgehead atoms. The standard InChI is InChI=1S/C12H21BO2/c1-2-4-6-9-12(8-5-3-1)13-14-10-7-11-15-13/h8H,1-7,9-11H2/b12-8+. The van der Waals surface area contributed by atoms with Crippen LogP contribution in [0.5, 0.6) is 0 Å². The van der Waals surface area contributed by atoms with Gasteiger partial charge in [0.1, 0.15) is 0 Å². The third kappa shape index (κ3) is 3.65. The van der Waals surface area contributed by atoms with Gasteiger partial charge >= 0.3 is 7.12 Å². The van der Waals surface area contributed by atoms with E-state index in [1.807, 2.05) is 0 Å². The predicted molar refractivity (Wildman–Crippen MR) is 62.7 cm³/mol. The summed E-state index contributed by atoms with van der Waals surface area (Å²) in [6, 6.07) is 0. The van der Waals surface area contributed by atoms with E-state index in [0.717, 1.165) is 19.6 Å². The second kappa shape index (κ2) is 6.34. The lowest BCUT2D eigenvalue weighted by Gasteiger charge is -2.22. The molecule has 2 rings (SSSR count). The van der Waals surface area contributed by atoms with Gasteiger partial charge in [-0.1, -0.05) is 31.8 Å². The fraction of sp³-hybridized carbons (Fsp3) is 0.833. The molecule has 1 heterocycles. The molecule has 0 aromatic heterocycles. The van der Waals surface area contributed by atoms with Gasteiger partial charge in [-0.15, -0.1) is 0 Å². The summed E-state index contributed by atoms with van der Waals surface area (Å²) in [4.78, 5) is 0. The summed E-state index contributed by atoms with van der Waals surface area (Å²) in [5, 5.41) is 0. The van der Waals surface area contributed by atoms with Crippen molar-refractivity contribution in [1.29, 1.82) is 0 Å². The Hall–Kier alpha value is -0.275. The molecule has 0 aromatic carbocycles. The van der Waals surface area contributed by atoms with Crippen molar-refractivity contribution in [3.05, 3.63) is 11.5 Å². The SMILES string of the molecule is C1=C(/B2OCCCO2)CCCCCCC/1. The highest BCUT2D eigenvalue weighted by molar-refractivity contribution is 6.53. The first-order valence-electron chi connectivity index (χ1n) is 6.39. The molecule has 0 radical (unpaired) electrons.